The molecule has 0 aliphatic carbocycles. The first-order valence-electron chi connectivity index (χ1n) is 9.06. The first-order valence-corrected chi connectivity index (χ1v) is 9.81. The second-order valence-electron chi connectivity index (χ2n) is 6.95. The highest BCUT2D eigenvalue weighted by atomic mass is 35.5. The van der Waals surface area contributed by atoms with E-state index in [4.69, 9.17) is 32.9 Å². The lowest BCUT2D eigenvalue weighted by atomic mass is 10.0. The van der Waals surface area contributed by atoms with Gasteiger partial charge in [-0.25, -0.2) is 4.98 Å². The van der Waals surface area contributed by atoms with E-state index in [2.05, 4.69) is 4.90 Å². The molecule has 0 spiro atoms. The van der Waals surface area contributed by atoms with Gasteiger partial charge in [0.25, 0.3) is 0 Å². The SMILES string of the molecule is COc1cc2c3c(c(N4CCCCC4)nc2c(Cl)c1Cl)CN(C(=O)CO)C3. The quantitative estimate of drug-likeness (QED) is 0.841. The van der Waals surface area contributed by atoms with Gasteiger partial charge in [0.15, 0.2) is 0 Å². The monoisotopic (exact) mass is 409 g/mol. The molecule has 0 saturated carbocycles. The Morgan fingerprint density at radius 2 is 1.89 bits per heavy atom. The van der Waals surface area contributed by atoms with Crippen LogP contribution >= 0.6 is 23.2 Å². The molecule has 2 aromatic rings. The maximum absolute atomic E-state index is 12.1. The molecule has 0 atom stereocenters. The smallest absolute Gasteiger partial charge is 0.248 e. The minimum Gasteiger partial charge on any atom is -0.495 e. The fourth-order valence-corrected chi connectivity index (χ4v) is 4.44. The molecule has 1 fully saturated rings. The van der Waals surface area contributed by atoms with Crippen LogP contribution in [0, 0.1) is 0 Å². The molecule has 1 aromatic carbocycles. The van der Waals surface area contributed by atoms with Crippen LogP contribution < -0.4 is 9.64 Å². The van der Waals surface area contributed by atoms with Gasteiger partial charge in [-0.05, 0) is 30.9 Å². The Kier molecular flexibility index (Phi) is 5.05. The predicted octanol–water partition coefficient (Wildman–Crippen LogP) is 3.38. The van der Waals surface area contributed by atoms with Crippen LogP contribution in [0.15, 0.2) is 6.07 Å². The second-order valence-corrected chi connectivity index (χ2v) is 7.71. The number of aliphatic hydroxyl groups excluding tert-OH is 1. The van der Waals surface area contributed by atoms with Crippen molar-refractivity contribution in [2.45, 2.75) is 32.4 Å². The van der Waals surface area contributed by atoms with Crippen LogP contribution in [0.3, 0.4) is 0 Å². The molecule has 1 amide bonds. The van der Waals surface area contributed by atoms with Crippen molar-refractivity contribution in [3.05, 3.63) is 27.2 Å². The molecule has 0 unspecified atom stereocenters. The van der Waals surface area contributed by atoms with E-state index in [9.17, 15) is 9.90 Å². The Labute approximate surface area is 167 Å². The van der Waals surface area contributed by atoms with Crippen LogP contribution in [0.4, 0.5) is 5.82 Å². The van der Waals surface area contributed by atoms with Crippen LogP contribution in [0.1, 0.15) is 30.4 Å². The molecule has 2 aliphatic heterocycles. The number of piperidine rings is 1. The largest absolute Gasteiger partial charge is 0.495 e. The summed E-state index contributed by atoms with van der Waals surface area (Å²) in [6.45, 7) is 2.21. The average molecular weight is 410 g/mol. The lowest BCUT2D eigenvalue weighted by Gasteiger charge is -2.30. The summed E-state index contributed by atoms with van der Waals surface area (Å²) in [5.74, 6) is 1.06. The lowest BCUT2D eigenvalue weighted by molar-refractivity contribution is -0.134. The number of halogens is 2. The third kappa shape index (κ3) is 3.10. The van der Waals surface area contributed by atoms with Gasteiger partial charge in [0.2, 0.25) is 5.91 Å². The maximum atomic E-state index is 12.1. The van der Waals surface area contributed by atoms with Gasteiger partial charge in [-0.3, -0.25) is 4.79 Å². The number of aliphatic hydroxyl groups is 1. The normalized spacial score (nSPS) is 16.7. The Morgan fingerprint density at radius 1 is 1.19 bits per heavy atom. The number of carbonyl (C=O) groups is 1. The van der Waals surface area contributed by atoms with Crippen molar-refractivity contribution in [2.24, 2.45) is 0 Å². The molecular formula is C19H21Cl2N3O3. The van der Waals surface area contributed by atoms with E-state index >= 15 is 0 Å². The van der Waals surface area contributed by atoms with Gasteiger partial charge in [0, 0.05) is 30.6 Å². The van der Waals surface area contributed by atoms with E-state index < -0.39 is 6.61 Å². The van der Waals surface area contributed by atoms with Crippen molar-refractivity contribution in [2.75, 3.05) is 31.7 Å². The zero-order valence-corrected chi connectivity index (χ0v) is 16.6. The highest BCUT2D eigenvalue weighted by Gasteiger charge is 2.31. The van der Waals surface area contributed by atoms with Gasteiger partial charge in [0.1, 0.15) is 23.2 Å². The van der Waals surface area contributed by atoms with E-state index in [1.54, 1.807) is 12.0 Å². The summed E-state index contributed by atoms with van der Waals surface area (Å²) in [7, 11) is 1.54. The molecular weight excluding hydrogens is 389 g/mol. The average Bonchev–Trinajstić information content (AvgIpc) is 3.15. The van der Waals surface area contributed by atoms with Crippen molar-refractivity contribution in [3.8, 4) is 5.75 Å². The molecule has 4 rings (SSSR count). The number of carbonyl (C=O) groups excluding carboxylic acids is 1. The lowest BCUT2D eigenvalue weighted by Crippen LogP contribution is -2.32. The number of nitrogens with zero attached hydrogens (tertiary/aromatic N) is 3. The zero-order valence-electron chi connectivity index (χ0n) is 15.1. The van der Waals surface area contributed by atoms with Crippen molar-refractivity contribution in [1.29, 1.82) is 0 Å². The van der Waals surface area contributed by atoms with Gasteiger partial charge in [0.05, 0.1) is 24.2 Å². The van der Waals surface area contributed by atoms with E-state index in [1.807, 2.05) is 6.07 Å². The Bertz CT molecular complexity index is 913. The molecule has 3 heterocycles. The number of anilines is 1. The molecule has 0 bridgehead atoms. The molecule has 0 radical (unpaired) electrons. The number of benzene rings is 1. The Hall–Kier alpha value is -1.76. The third-order valence-corrected chi connectivity index (χ3v) is 6.23. The summed E-state index contributed by atoms with van der Waals surface area (Å²) in [6, 6.07) is 1.84. The topological polar surface area (TPSA) is 65.9 Å². The van der Waals surface area contributed by atoms with Gasteiger partial charge < -0.3 is 19.6 Å². The number of hydrogen-bond acceptors (Lipinski definition) is 5. The molecule has 1 aromatic heterocycles. The minimum absolute atomic E-state index is 0.295. The fraction of sp³-hybridized carbons (Fsp3) is 0.474. The van der Waals surface area contributed by atoms with Crippen LogP contribution in [-0.2, 0) is 17.9 Å². The molecule has 144 valence electrons. The summed E-state index contributed by atoms with van der Waals surface area (Å²) in [4.78, 5) is 20.9. The number of rotatable bonds is 3. The molecule has 1 N–H and O–H groups in total. The third-order valence-electron chi connectivity index (χ3n) is 5.39. The van der Waals surface area contributed by atoms with E-state index in [0.717, 1.165) is 48.3 Å². The number of amides is 1. The van der Waals surface area contributed by atoms with E-state index in [0.29, 0.717) is 34.4 Å². The van der Waals surface area contributed by atoms with Gasteiger partial charge in [-0.2, -0.15) is 0 Å². The number of aromatic nitrogens is 1. The molecule has 2 aliphatic rings. The van der Waals surface area contributed by atoms with Crippen LogP contribution in [0.25, 0.3) is 10.9 Å². The number of methoxy groups -OCH3 is 1. The number of hydrogen-bond donors (Lipinski definition) is 1. The van der Waals surface area contributed by atoms with Crippen LogP contribution in [0.5, 0.6) is 5.75 Å². The summed E-state index contributed by atoms with van der Waals surface area (Å²) in [5, 5.41) is 10.8. The number of fused-ring (bicyclic) bond motifs is 3. The maximum Gasteiger partial charge on any atom is 0.248 e. The Morgan fingerprint density at radius 3 is 2.56 bits per heavy atom. The number of pyridine rings is 1. The van der Waals surface area contributed by atoms with Gasteiger partial charge in [-0.1, -0.05) is 23.2 Å². The molecule has 6 nitrogen and oxygen atoms in total. The highest BCUT2D eigenvalue weighted by Crippen LogP contribution is 2.43. The number of ether oxygens (including phenoxy) is 1. The first-order chi connectivity index (χ1) is 13.0. The summed E-state index contributed by atoms with van der Waals surface area (Å²) in [6.07, 6.45) is 3.45. The Balaban J connectivity index is 1.94. The first kappa shape index (κ1) is 18.6. The predicted molar refractivity (Wildman–Crippen MR) is 106 cm³/mol. The summed E-state index contributed by atoms with van der Waals surface area (Å²) in [5.41, 5.74) is 2.64. The van der Waals surface area contributed by atoms with Crippen molar-refractivity contribution < 1.29 is 14.6 Å². The summed E-state index contributed by atoms with van der Waals surface area (Å²) >= 11 is 12.9. The van der Waals surface area contributed by atoms with Crippen LogP contribution in [-0.4, -0.2) is 47.7 Å². The highest BCUT2D eigenvalue weighted by molar-refractivity contribution is 6.46. The van der Waals surface area contributed by atoms with Crippen molar-refractivity contribution in [3.63, 3.8) is 0 Å². The minimum atomic E-state index is -0.506. The standard InChI is InChI=1S/C19H21Cl2N3O3/c1-27-14-7-11-12-8-24(15(26)10-25)9-13(12)19(23-5-3-2-4-6-23)22-18(11)17(21)16(14)20/h7,25H,2-6,8-10H2,1H3. The second kappa shape index (κ2) is 7.34. The molecule has 27 heavy (non-hydrogen) atoms. The van der Waals surface area contributed by atoms with Crippen LogP contribution in [0.2, 0.25) is 10.0 Å². The summed E-state index contributed by atoms with van der Waals surface area (Å²) < 4.78 is 5.36. The molecule has 1 saturated heterocycles. The van der Waals surface area contributed by atoms with Gasteiger partial charge >= 0.3 is 0 Å². The van der Waals surface area contributed by atoms with E-state index in [1.165, 1.54) is 6.42 Å². The fourth-order valence-electron chi connectivity index (χ4n) is 3.98. The van der Waals surface area contributed by atoms with Crippen molar-refractivity contribution in [1.82, 2.24) is 9.88 Å². The van der Waals surface area contributed by atoms with E-state index in [-0.39, 0.29) is 5.91 Å². The molecule has 8 heteroatoms. The van der Waals surface area contributed by atoms with Crippen molar-refractivity contribution >= 4 is 45.8 Å². The zero-order chi connectivity index (χ0) is 19.1. The van der Waals surface area contributed by atoms with Gasteiger partial charge in [-0.15, -0.1) is 0 Å².